The summed E-state index contributed by atoms with van der Waals surface area (Å²) in [7, 11) is 1.67. The molecule has 2 heterocycles. The number of hydrogen-bond donors (Lipinski definition) is 1. The van der Waals surface area contributed by atoms with Crippen LogP contribution in [0, 0.1) is 18.8 Å². The summed E-state index contributed by atoms with van der Waals surface area (Å²) >= 11 is 1.65. The first-order chi connectivity index (χ1) is 19.9. The Bertz CT molecular complexity index is 1450. The van der Waals surface area contributed by atoms with Gasteiger partial charge in [-0.05, 0) is 85.3 Å². The van der Waals surface area contributed by atoms with Gasteiger partial charge in [0.25, 0.3) is 5.91 Å². The van der Waals surface area contributed by atoms with E-state index in [1.165, 1.54) is 12.0 Å². The van der Waals surface area contributed by atoms with Crippen molar-refractivity contribution in [2.45, 2.75) is 37.8 Å². The van der Waals surface area contributed by atoms with Gasteiger partial charge in [0.2, 0.25) is 0 Å². The summed E-state index contributed by atoms with van der Waals surface area (Å²) < 4.78 is 11.3. The van der Waals surface area contributed by atoms with E-state index in [9.17, 15) is 4.79 Å². The van der Waals surface area contributed by atoms with Crippen LogP contribution in [0.2, 0.25) is 0 Å². The van der Waals surface area contributed by atoms with Crippen LogP contribution in [-0.2, 0) is 5.75 Å². The number of anilines is 2. The molecule has 7 heteroatoms. The fourth-order valence-corrected chi connectivity index (χ4v) is 6.40. The van der Waals surface area contributed by atoms with Crippen molar-refractivity contribution >= 4 is 29.0 Å². The molecule has 0 aliphatic carbocycles. The topological polar surface area (TPSA) is 63.7 Å². The number of carbonyl (C=O) groups is 1. The third kappa shape index (κ3) is 7.41. The Balaban J connectivity index is 1.37. The number of amides is 1. The molecular formula is C34H37N3O3S. The second-order valence-corrected chi connectivity index (χ2v) is 11.9. The van der Waals surface area contributed by atoms with E-state index in [1.807, 2.05) is 67.6 Å². The average molecular weight is 568 g/mol. The van der Waals surface area contributed by atoms with Gasteiger partial charge < -0.3 is 19.7 Å². The average Bonchev–Trinajstić information content (AvgIpc) is 2.98. The number of nitrogens with zero attached hydrogens (tertiary/aromatic N) is 2. The van der Waals surface area contributed by atoms with Gasteiger partial charge in [-0.2, -0.15) is 0 Å². The van der Waals surface area contributed by atoms with Crippen molar-refractivity contribution in [3.63, 3.8) is 0 Å². The molecule has 1 fully saturated rings. The highest BCUT2D eigenvalue weighted by atomic mass is 32.2. The number of piperidine rings is 1. The minimum absolute atomic E-state index is 0.227. The predicted molar refractivity (Wildman–Crippen MR) is 168 cm³/mol. The fourth-order valence-electron chi connectivity index (χ4n) is 5.27. The van der Waals surface area contributed by atoms with Gasteiger partial charge in [0, 0.05) is 30.7 Å². The lowest BCUT2D eigenvalue weighted by Gasteiger charge is -2.37. The lowest BCUT2D eigenvalue weighted by atomic mass is 9.91. The SMILES string of the molecule is COc1ccc(CSc2c(N3CC(C)CC(C)C3)ccnc2C(=O)Nc2ccc(Oc3ccc(C)cc3)cc2)cc1. The Labute approximate surface area is 247 Å². The molecule has 0 spiro atoms. The van der Waals surface area contributed by atoms with Gasteiger partial charge in [0.15, 0.2) is 0 Å². The molecule has 0 saturated carbocycles. The second-order valence-electron chi connectivity index (χ2n) is 10.9. The first-order valence-electron chi connectivity index (χ1n) is 14.0. The molecule has 1 N–H and O–H groups in total. The molecule has 0 bridgehead atoms. The highest BCUT2D eigenvalue weighted by Crippen LogP contribution is 2.38. The van der Waals surface area contributed by atoms with Crippen molar-refractivity contribution < 1.29 is 14.3 Å². The molecule has 1 aromatic heterocycles. The van der Waals surface area contributed by atoms with E-state index < -0.39 is 0 Å². The van der Waals surface area contributed by atoms with Gasteiger partial charge in [-0.15, -0.1) is 11.8 Å². The van der Waals surface area contributed by atoms with Crippen LogP contribution < -0.4 is 19.7 Å². The molecular weight excluding hydrogens is 530 g/mol. The lowest BCUT2D eigenvalue weighted by molar-refractivity contribution is 0.101. The van der Waals surface area contributed by atoms with Crippen molar-refractivity contribution in [2.24, 2.45) is 11.8 Å². The second kappa shape index (κ2) is 13.1. The summed E-state index contributed by atoms with van der Waals surface area (Å²) in [6.07, 6.45) is 2.97. The molecule has 2 atom stereocenters. The molecule has 1 aliphatic heterocycles. The van der Waals surface area contributed by atoms with Crippen LogP contribution in [0.15, 0.2) is 90.0 Å². The normalized spacial score (nSPS) is 16.7. The lowest BCUT2D eigenvalue weighted by Crippen LogP contribution is -2.39. The first kappa shape index (κ1) is 28.6. The zero-order chi connectivity index (χ0) is 28.8. The number of hydrogen-bond acceptors (Lipinski definition) is 6. The van der Waals surface area contributed by atoms with Gasteiger partial charge in [0.1, 0.15) is 22.9 Å². The van der Waals surface area contributed by atoms with Crippen molar-refractivity contribution in [3.8, 4) is 17.2 Å². The molecule has 4 aromatic rings. The van der Waals surface area contributed by atoms with E-state index in [1.54, 1.807) is 25.1 Å². The molecule has 6 nitrogen and oxygen atoms in total. The first-order valence-corrected chi connectivity index (χ1v) is 15.0. The Kier molecular flexibility index (Phi) is 9.14. The third-order valence-corrected chi connectivity index (χ3v) is 8.39. The zero-order valence-corrected chi connectivity index (χ0v) is 24.9. The third-order valence-electron chi connectivity index (χ3n) is 7.22. The largest absolute Gasteiger partial charge is 0.497 e. The van der Waals surface area contributed by atoms with Crippen molar-refractivity contribution in [1.82, 2.24) is 4.98 Å². The molecule has 41 heavy (non-hydrogen) atoms. The van der Waals surface area contributed by atoms with Gasteiger partial charge in [-0.1, -0.05) is 43.7 Å². The highest BCUT2D eigenvalue weighted by Gasteiger charge is 2.26. The summed E-state index contributed by atoms with van der Waals surface area (Å²) in [6.45, 7) is 8.58. The van der Waals surface area contributed by atoms with Crippen LogP contribution in [0.5, 0.6) is 17.2 Å². The Hall–Kier alpha value is -3.97. The number of pyridine rings is 1. The maximum atomic E-state index is 13.6. The van der Waals surface area contributed by atoms with Crippen LogP contribution in [0.1, 0.15) is 41.9 Å². The summed E-state index contributed by atoms with van der Waals surface area (Å²) in [6, 6.07) is 25.4. The summed E-state index contributed by atoms with van der Waals surface area (Å²) in [5.41, 5.74) is 4.53. The molecule has 1 aliphatic rings. The van der Waals surface area contributed by atoms with Crippen LogP contribution >= 0.6 is 11.8 Å². The molecule has 2 unspecified atom stereocenters. The van der Waals surface area contributed by atoms with Crippen molar-refractivity contribution in [2.75, 3.05) is 30.4 Å². The number of carbonyl (C=O) groups excluding carboxylic acids is 1. The molecule has 1 amide bonds. The molecule has 0 radical (unpaired) electrons. The monoisotopic (exact) mass is 567 g/mol. The number of benzene rings is 3. The van der Waals surface area contributed by atoms with E-state index in [2.05, 4.69) is 47.2 Å². The van der Waals surface area contributed by atoms with E-state index in [0.29, 0.717) is 34.7 Å². The molecule has 5 rings (SSSR count). The Morgan fingerprint density at radius 1 is 0.902 bits per heavy atom. The van der Waals surface area contributed by atoms with E-state index in [0.717, 1.165) is 40.7 Å². The smallest absolute Gasteiger partial charge is 0.275 e. The summed E-state index contributed by atoms with van der Waals surface area (Å²) in [5, 5.41) is 3.05. The van der Waals surface area contributed by atoms with Crippen molar-refractivity contribution in [3.05, 3.63) is 102 Å². The van der Waals surface area contributed by atoms with Crippen LogP contribution in [0.25, 0.3) is 0 Å². The number of nitrogens with one attached hydrogen (secondary N) is 1. The summed E-state index contributed by atoms with van der Waals surface area (Å²) in [5.74, 6) is 3.96. The van der Waals surface area contributed by atoms with Gasteiger partial charge >= 0.3 is 0 Å². The maximum absolute atomic E-state index is 13.6. The Morgan fingerprint density at radius 2 is 1.51 bits per heavy atom. The highest BCUT2D eigenvalue weighted by molar-refractivity contribution is 7.98. The van der Waals surface area contributed by atoms with Gasteiger partial charge in [0.05, 0.1) is 17.7 Å². The number of methoxy groups -OCH3 is 1. The van der Waals surface area contributed by atoms with Crippen LogP contribution in [0.3, 0.4) is 0 Å². The fraction of sp³-hybridized carbons (Fsp3) is 0.294. The number of aryl methyl sites for hydroxylation is 1. The van der Waals surface area contributed by atoms with Crippen LogP contribution in [-0.4, -0.2) is 31.1 Å². The quantitative estimate of drug-likeness (QED) is 0.206. The van der Waals surface area contributed by atoms with E-state index in [4.69, 9.17) is 9.47 Å². The molecule has 3 aromatic carbocycles. The van der Waals surface area contributed by atoms with Crippen molar-refractivity contribution in [1.29, 1.82) is 0 Å². The maximum Gasteiger partial charge on any atom is 0.275 e. The summed E-state index contributed by atoms with van der Waals surface area (Å²) in [4.78, 5) is 21.6. The van der Waals surface area contributed by atoms with E-state index >= 15 is 0 Å². The number of thioether (sulfide) groups is 1. The number of ether oxygens (including phenoxy) is 2. The zero-order valence-electron chi connectivity index (χ0n) is 24.1. The van der Waals surface area contributed by atoms with Crippen LogP contribution in [0.4, 0.5) is 11.4 Å². The molecule has 212 valence electrons. The predicted octanol–water partition coefficient (Wildman–Crippen LogP) is 8.22. The minimum Gasteiger partial charge on any atom is -0.497 e. The standard InChI is InChI=1S/C34H37N3O3S/c1-23-5-11-29(12-6-23)40-30-15-9-27(10-16-30)36-34(38)32-33(41-22-26-7-13-28(39-4)14-8-26)31(17-18-35-32)37-20-24(2)19-25(3)21-37/h5-18,24-25H,19-22H2,1-4H3,(H,36,38). The Morgan fingerprint density at radius 3 is 2.15 bits per heavy atom. The van der Waals surface area contributed by atoms with Gasteiger partial charge in [-0.25, -0.2) is 4.98 Å². The number of rotatable bonds is 9. The number of aromatic nitrogens is 1. The minimum atomic E-state index is -0.227. The van der Waals surface area contributed by atoms with E-state index in [-0.39, 0.29) is 5.91 Å². The van der Waals surface area contributed by atoms with Gasteiger partial charge in [-0.3, -0.25) is 4.79 Å². The molecule has 1 saturated heterocycles.